The van der Waals surface area contributed by atoms with E-state index in [1.54, 1.807) is 0 Å². The molecule has 0 bridgehead atoms. The summed E-state index contributed by atoms with van der Waals surface area (Å²) in [6.07, 6.45) is 5.60. The van der Waals surface area contributed by atoms with E-state index < -0.39 is 15.9 Å². The first-order valence-electron chi connectivity index (χ1n) is 9.48. The number of halogens is 2. The van der Waals surface area contributed by atoms with E-state index in [9.17, 15) is 13.2 Å². The molecule has 2 aromatic carbocycles. The molecule has 1 aliphatic rings. The topological polar surface area (TPSA) is 66.5 Å². The summed E-state index contributed by atoms with van der Waals surface area (Å²) < 4.78 is 25.5. The molecule has 1 atom stereocenters. The number of fused-ring (bicyclic) bond motifs is 1. The van der Waals surface area contributed by atoms with Crippen LogP contribution in [0.25, 0.3) is 0 Å². The minimum atomic E-state index is -3.70. The van der Waals surface area contributed by atoms with Crippen LogP contribution in [0, 0.1) is 0 Å². The molecule has 0 aliphatic heterocycles. The molecule has 0 aromatic heterocycles. The lowest BCUT2D eigenvalue weighted by atomic mass is 9.89. The largest absolute Gasteiger partial charge is 0.348 e. The highest BCUT2D eigenvalue weighted by Gasteiger charge is 2.23. The maximum Gasteiger partial charge on any atom is 0.241 e. The van der Waals surface area contributed by atoms with Crippen LogP contribution >= 0.6 is 23.2 Å². The number of anilines is 1. The van der Waals surface area contributed by atoms with E-state index in [0.717, 1.165) is 29.0 Å². The van der Waals surface area contributed by atoms with E-state index in [-0.39, 0.29) is 18.3 Å². The number of hydrogen-bond acceptors (Lipinski definition) is 3. The van der Waals surface area contributed by atoms with Gasteiger partial charge in [0.25, 0.3) is 0 Å². The van der Waals surface area contributed by atoms with Crippen molar-refractivity contribution >= 4 is 44.8 Å². The fourth-order valence-electron chi connectivity index (χ4n) is 3.61. The molecule has 1 aliphatic carbocycles. The first-order valence-corrected chi connectivity index (χ1v) is 12.1. The summed E-state index contributed by atoms with van der Waals surface area (Å²) in [7, 11) is -3.70. The van der Waals surface area contributed by atoms with Crippen LogP contribution < -0.4 is 9.62 Å². The van der Waals surface area contributed by atoms with Crippen molar-refractivity contribution in [3.63, 3.8) is 0 Å². The van der Waals surface area contributed by atoms with Crippen LogP contribution in [0.5, 0.6) is 0 Å². The van der Waals surface area contributed by atoms with Crippen molar-refractivity contribution in [1.29, 1.82) is 0 Å². The monoisotopic (exact) mass is 454 g/mol. The van der Waals surface area contributed by atoms with E-state index in [0.29, 0.717) is 10.0 Å². The molecule has 3 rings (SSSR count). The zero-order chi connectivity index (χ0) is 21.2. The number of carbonyl (C=O) groups excluding carboxylic acids is 1. The number of aryl methyl sites for hydroxylation is 2. The van der Waals surface area contributed by atoms with Crippen molar-refractivity contribution in [2.45, 2.75) is 38.6 Å². The van der Waals surface area contributed by atoms with Gasteiger partial charge in [-0.3, -0.25) is 9.10 Å². The zero-order valence-electron chi connectivity index (χ0n) is 16.4. The second-order valence-electron chi connectivity index (χ2n) is 7.42. The van der Waals surface area contributed by atoms with Gasteiger partial charge in [-0.2, -0.15) is 0 Å². The van der Waals surface area contributed by atoms with E-state index >= 15 is 0 Å². The molecular weight excluding hydrogens is 431 g/mol. The first-order chi connectivity index (χ1) is 13.6. The van der Waals surface area contributed by atoms with Gasteiger partial charge < -0.3 is 5.32 Å². The molecule has 0 saturated carbocycles. The van der Waals surface area contributed by atoms with Crippen molar-refractivity contribution in [2.75, 3.05) is 17.1 Å². The Kier molecular flexibility index (Phi) is 6.76. The number of nitrogens with zero attached hydrogens (tertiary/aromatic N) is 1. The molecule has 29 heavy (non-hydrogen) atoms. The number of sulfonamides is 1. The predicted octanol–water partition coefficient (Wildman–Crippen LogP) is 4.52. The van der Waals surface area contributed by atoms with Crippen LogP contribution in [-0.4, -0.2) is 27.1 Å². The average Bonchev–Trinajstić information content (AvgIpc) is 2.64. The molecule has 8 heteroatoms. The van der Waals surface area contributed by atoms with Crippen LogP contribution in [0.2, 0.25) is 10.0 Å². The van der Waals surface area contributed by atoms with E-state index in [1.807, 2.05) is 13.0 Å². The zero-order valence-corrected chi connectivity index (χ0v) is 18.7. The van der Waals surface area contributed by atoms with Gasteiger partial charge in [-0.15, -0.1) is 0 Å². The van der Waals surface area contributed by atoms with Crippen molar-refractivity contribution in [2.24, 2.45) is 0 Å². The molecule has 5 nitrogen and oxygen atoms in total. The van der Waals surface area contributed by atoms with Gasteiger partial charge in [-0.1, -0.05) is 41.4 Å². The lowest BCUT2D eigenvalue weighted by molar-refractivity contribution is -0.120. The quantitative estimate of drug-likeness (QED) is 0.697. The predicted molar refractivity (Wildman–Crippen MR) is 118 cm³/mol. The van der Waals surface area contributed by atoms with Crippen LogP contribution in [0.4, 0.5) is 5.69 Å². The standard InChI is InChI=1S/C21H24Cl2N2O3S/c1-14(16-8-7-15-5-3-4-6-17(15)9-16)24-21(26)13-25(29(2,27)28)20-11-18(22)10-19(23)12-20/h7-12,14H,3-6,13H2,1-2H3,(H,24,26)/t14-/m0/s1. The summed E-state index contributed by atoms with van der Waals surface area (Å²) in [5.74, 6) is -0.406. The fourth-order valence-corrected chi connectivity index (χ4v) is 4.96. The summed E-state index contributed by atoms with van der Waals surface area (Å²) in [4.78, 5) is 12.6. The van der Waals surface area contributed by atoms with Gasteiger partial charge in [0, 0.05) is 10.0 Å². The van der Waals surface area contributed by atoms with Crippen molar-refractivity contribution < 1.29 is 13.2 Å². The second kappa shape index (κ2) is 8.94. The van der Waals surface area contributed by atoms with Gasteiger partial charge in [0.2, 0.25) is 15.9 Å². The minimum absolute atomic E-state index is 0.237. The number of rotatable bonds is 6. The van der Waals surface area contributed by atoms with Gasteiger partial charge in [0.05, 0.1) is 18.0 Å². The fraction of sp³-hybridized carbons (Fsp3) is 0.381. The molecule has 0 radical (unpaired) electrons. The highest BCUT2D eigenvalue weighted by atomic mass is 35.5. The molecule has 0 fully saturated rings. The Hall–Kier alpha value is -1.76. The summed E-state index contributed by atoms with van der Waals surface area (Å²) in [5, 5.41) is 3.48. The lowest BCUT2D eigenvalue weighted by Crippen LogP contribution is -2.41. The first kappa shape index (κ1) is 21.9. The van der Waals surface area contributed by atoms with Gasteiger partial charge in [0.15, 0.2) is 0 Å². The Balaban J connectivity index is 1.75. The minimum Gasteiger partial charge on any atom is -0.348 e. The number of nitrogens with one attached hydrogen (secondary N) is 1. The molecule has 1 amide bonds. The van der Waals surface area contributed by atoms with Crippen LogP contribution in [0.15, 0.2) is 36.4 Å². The normalized spacial score (nSPS) is 14.8. The van der Waals surface area contributed by atoms with E-state index in [1.165, 1.54) is 42.2 Å². The third-order valence-corrected chi connectivity index (χ3v) is 6.65. The molecule has 156 valence electrons. The van der Waals surface area contributed by atoms with Crippen LogP contribution in [0.1, 0.15) is 42.5 Å². The smallest absolute Gasteiger partial charge is 0.241 e. The van der Waals surface area contributed by atoms with E-state index in [2.05, 4.69) is 17.4 Å². The Morgan fingerprint density at radius 1 is 1.07 bits per heavy atom. The average molecular weight is 455 g/mol. The van der Waals surface area contributed by atoms with Crippen molar-refractivity contribution in [1.82, 2.24) is 5.32 Å². The van der Waals surface area contributed by atoms with Gasteiger partial charge in [0.1, 0.15) is 6.54 Å². The third kappa shape index (κ3) is 5.65. The summed E-state index contributed by atoms with van der Waals surface area (Å²) in [6, 6.07) is 10.5. The van der Waals surface area contributed by atoms with Gasteiger partial charge in [-0.05, 0) is 67.5 Å². The van der Waals surface area contributed by atoms with E-state index in [4.69, 9.17) is 23.2 Å². The molecule has 0 heterocycles. The Morgan fingerprint density at radius 3 is 2.31 bits per heavy atom. The van der Waals surface area contributed by atoms with Gasteiger partial charge >= 0.3 is 0 Å². The molecular formula is C21H24Cl2N2O3S. The Labute approximate surface area is 182 Å². The summed E-state index contributed by atoms with van der Waals surface area (Å²) in [5.41, 5.74) is 3.97. The number of benzene rings is 2. The number of hydrogen-bond donors (Lipinski definition) is 1. The molecule has 0 spiro atoms. The van der Waals surface area contributed by atoms with Gasteiger partial charge in [-0.25, -0.2) is 8.42 Å². The molecule has 0 unspecified atom stereocenters. The summed E-state index contributed by atoms with van der Waals surface area (Å²) in [6.45, 7) is 1.54. The molecule has 1 N–H and O–H groups in total. The number of amides is 1. The summed E-state index contributed by atoms with van der Waals surface area (Å²) >= 11 is 12.0. The SMILES string of the molecule is C[C@H](NC(=O)CN(c1cc(Cl)cc(Cl)c1)S(C)(=O)=O)c1ccc2c(c1)CCCC2. The van der Waals surface area contributed by atoms with Crippen LogP contribution in [0.3, 0.4) is 0 Å². The lowest BCUT2D eigenvalue weighted by Gasteiger charge is -2.24. The molecule has 2 aromatic rings. The van der Waals surface area contributed by atoms with Crippen LogP contribution in [-0.2, 0) is 27.7 Å². The highest BCUT2D eigenvalue weighted by molar-refractivity contribution is 7.92. The van der Waals surface area contributed by atoms with Crippen molar-refractivity contribution in [3.8, 4) is 0 Å². The maximum atomic E-state index is 12.6. The third-order valence-electron chi connectivity index (χ3n) is 5.07. The Morgan fingerprint density at radius 2 is 1.69 bits per heavy atom. The van der Waals surface area contributed by atoms with Crippen molar-refractivity contribution in [3.05, 3.63) is 63.1 Å². The highest BCUT2D eigenvalue weighted by Crippen LogP contribution is 2.27. The molecule has 0 saturated heterocycles. The second-order valence-corrected chi connectivity index (χ2v) is 10.2. The number of carbonyl (C=O) groups is 1. The Bertz CT molecular complexity index is 1000. The maximum absolute atomic E-state index is 12.6.